The van der Waals surface area contributed by atoms with Crippen molar-refractivity contribution >= 4 is 46.5 Å². The maximum absolute atomic E-state index is 11.9. The van der Waals surface area contributed by atoms with Crippen molar-refractivity contribution < 1.29 is 29.3 Å². The quantitative estimate of drug-likeness (QED) is 0.147. The number of halogens is 2. The highest BCUT2D eigenvalue weighted by Crippen LogP contribution is 2.35. The summed E-state index contributed by atoms with van der Waals surface area (Å²) in [4.78, 5) is 23.8. The average molecular weight is 535 g/mol. The predicted molar refractivity (Wildman–Crippen MR) is 135 cm³/mol. The Hall–Kier alpha value is -3.76. The van der Waals surface area contributed by atoms with Crippen molar-refractivity contribution in [2.24, 2.45) is 20.5 Å². The fraction of sp³-hybridized carbons (Fsp3) is 0.250. The lowest BCUT2D eigenvalue weighted by atomic mass is 10.1. The molecule has 2 aromatic rings. The highest BCUT2D eigenvalue weighted by molar-refractivity contribution is 6.34. The van der Waals surface area contributed by atoms with Crippen molar-refractivity contribution in [3.05, 3.63) is 69.4 Å². The zero-order chi connectivity index (χ0) is 26.8. The molecule has 0 atom stereocenters. The van der Waals surface area contributed by atoms with Crippen LogP contribution in [0.5, 0.6) is 0 Å². The molecule has 0 aliphatic rings. The summed E-state index contributed by atoms with van der Waals surface area (Å²) in [5.41, 5.74) is 1.26. The van der Waals surface area contributed by atoms with E-state index in [4.69, 9.17) is 32.7 Å². The summed E-state index contributed by atoms with van der Waals surface area (Å²) in [6.07, 6.45) is 0. The van der Waals surface area contributed by atoms with E-state index in [0.717, 1.165) is 0 Å². The van der Waals surface area contributed by atoms with Gasteiger partial charge in [-0.15, -0.1) is 20.5 Å². The van der Waals surface area contributed by atoms with Crippen molar-refractivity contribution in [3.63, 3.8) is 0 Å². The number of aliphatic hydroxyl groups is 2. The molecule has 0 amide bonds. The lowest BCUT2D eigenvalue weighted by Crippen LogP contribution is -2.07. The molecule has 2 rings (SSSR count). The molecule has 0 unspecified atom stereocenters. The molecular formula is C24H24Cl2N4O6. The van der Waals surface area contributed by atoms with Crippen molar-refractivity contribution in [1.82, 2.24) is 0 Å². The number of nitrogens with zero attached hydrogens (tertiary/aromatic N) is 4. The van der Waals surface area contributed by atoms with E-state index in [-0.39, 0.29) is 57.5 Å². The van der Waals surface area contributed by atoms with Gasteiger partial charge in [-0.05, 0) is 63.1 Å². The molecule has 0 saturated carbocycles. The minimum absolute atomic E-state index is 0.119. The molecule has 0 aromatic heterocycles. The first-order valence-corrected chi connectivity index (χ1v) is 11.4. The van der Waals surface area contributed by atoms with E-state index < -0.39 is 11.9 Å². The maximum Gasteiger partial charge on any atom is 0.362 e. The van der Waals surface area contributed by atoms with Crippen LogP contribution < -0.4 is 0 Å². The van der Waals surface area contributed by atoms with E-state index in [1.807, 2.05) is 0 Å². The highest BCUT2D eigenvalue weighted by Gasteiger charge is 2.16. The third-order valence-corrected chi connectivity index (χ3v) is 4.97. The van der Waals surface area contributed by atoms with Crippen LogP contribution in [0.2, 0.25) is 10.0 Å². The number of carbonyl (C=O) groups is 2. The summed E-state index contributed by atoms with van der Waals surface area (Å²) >= 11 is 12.7. The molecule has 0 bridgehead atoms. The zero-order valence-electron chi connectivity index (χ0n) is 20.0. The first-order valence-electron chi connectivity index (χ1n) is 10.7. The van der Waals surface area contributed by atoms with Crippen molar-refractivity contribution in [3.8, 4) is 11.1 Å². The predicted octanol–water partition coefficient (Wildman–Crippen LogP) is 7.53. The van der Waals surface area contributed by atoms with Gasteiger partial charge in [0.05, 0.1) is 23.3 Å². The summed E-state index contributed by atoms with van der Waals surface area (Å²) in [7, 11) is 0. The number of ether oxygens (including phenoxy) is 2. The fourth-order valence-corrected chi connectivity index (χ4v) is 3.10. The van der Waals surface area contributed by atoms with Crippen LogP contribution in [0, 0.1) is 0 Å². The van der Waals surface area contributed by atoms with Crippen LogP contribution >= 0.6 is 23.2 Å². The Morgan fingerprint density at radius 1 is 0.750 bits per heavy atom. The minimum Gasteiger partial charge on any atom is -0.510 e. The van der Waals surface area contributed by atoms with Gasteiger partial charge < -0.3 is 19.7 Å². The Morgan fingerprint density at radius 2 is 1.11 bits per heavy atom. The first kappa shape index (κ1) is 28.5. The molecule has 2 N–H and O–H groups in total. The van der Waals surface area contributed by atoms with E-state index in [0.29, 0.717) is 11.1 Å². The second-order valence-electron chi connectivity index (χ2n) is 7.04. The van der Waals surface area contributed by atoms with Crippen molar-refractivity contribution in [2.45, 2.75) is 27.7 Å². The summed E-state index contributed by atoms with van der Waals surface area (Å²) < 4.78 is 9.68. The third kappa shape index (κ3) is 7.62. The van der Waals surface area contributed by atoms with Gasteiger partial charge in [0.1, 0.15) is 22.9 Å². The molecule has 10 nitrogen and oxygen atoms in total. The van der Waals surface area contributed by atoms with Crippen LogP contribution in [0.25, 0.3) is 11.1 Å². The molecule has 0 aliphatic carbocycles. The van der Waals surface area contributed by atoms with E-state index in [1.165, 1.54) is 13.8 Å². The molecule has 190 valence electrons. The lowest BCUT2D eigenvalue weighted by Gasteiger charge is -2.07. The van der Waals surface area contributed by atoms with Crippen LogP contribution in [0.15, 0.2) is 79.8 Å². The number of allylic oxidation sites excluding steroid dienone is 2. The Labute approximate surface area is 217 Å². The van der Waals surface area contributed by atoms with Crippen molar-refractivity contribution in [1.29, 1.82) is 0 Å². The number of hydrogen-bond donors (Lipinski definition) is 2. The summed E-state index contributed by atoms with van der Waals surface area (Å²) in [6.45, 7) is 6.08. The lowest BCUT2D eigenvalue weighted by molar-refractivity contribution is -0.139. The van der Waals surface area contributed by atoms with Crippen LogP contribution in [0.3, 0.4) is 0 Å². The standard InChI is InChI=1S/C24H24Cl2N4O6/c1-5-35-23(33)21(13(3)31)29-27-19-9-7-15(11-17(19)25)16-8-10-20(18(26)12-16)28-30-22(14(4)32)24(34)36-6-2/h7-12,31-32H,5-6H2,1-4H3/b21-13+,22-14+,29-27?,30-28?. The number of hydrogen-bond acceptors (Lipinski definition) is 10. The van der Waals surface area contributed by atoms with Crippen LogP contribution in [-0.2, 0) is 19.1 Å². The molecule has 12 heteroatoms. The SMILES string of the molecule is CCOC(=O)/C(N=Nc1ccc(-c2ccc(N=N/C(C(=O)OCC)=C(\C)O)c(Cl)c2)cc1Cl)=C(/C)O. The van der Waals surface area contributed by atoms with Gasteiger partial charge >= 0.3 is 11.9 Å². The van der Waals surface area contributed by atoms with Gasteiger partial charge in [-0.2, -0.15) is 0 Å². The molecule has 0 aliphatic heterocycles. The monoisotopic (exact) mass is 534 g/mol. The van der Waals surface area contributed by atoms with Gasteiger partial charge in [-0.3, -0.25) is 0 Å². The molecule has 0 heterocycles. The van der Waals surface area contributed by atoms with E-state index in [9.17, 15) is 19.8 Å². The van der Waals surface area contributed by atoms with Gasteiger partial charge in [0, 0.05) is 0 Å². The number of azo groups is 2. The van der Waals surface area contributed by atoms with Gasteiger partial charge in [0.25, 0.3) is 0 Å². The largest absolute Gasteiger partial charge is 0.510 e. The van der Waals surface area contributed by atoms with Gasteiger partial charge in [0.2, 0.25) is 11.4 Å². The Balaban J connectivity index is 2.29. The second-order valence-corrected chi connectivity index (χ2v) is 7.86. The highest BCUT2D eigenvalue weighted by atomic mass is 35.5. The number of esters is 2. The molecule has 0 saturated heterocycles. The molecule has 0 fully saturated rings. The van der Waals surface area contributed by atoms with E-state index in [1.54, 1.807) is 50.2 Å². The normalized spacial score (nSPS) is 12.9. The Morgan fingerprint density at radius 3 is 1.39 bits per heavy atom. The number of rotatable bonds is 9. The molecule has 0 radical (unpaired) electrons. The number of aliphatic hydroxyl groups excluding tert-OH is 2. The molecule has 2 aromatic carbocycles. The third-order valence-electron chi connectivity index (χ3n) is 4.37. The topological polar surface area (TPSA) is 142 Å². The maximum atomic E-state index is 11.9. The van der Waals surface area contributed by atoms with Crippen LogP contribution in [0.1, 0.15) is 27.7 Å². The smallest absolute Gasteiger partial charge is 0.362 e. The molecular weight excluding hydrogens is 511 g/mol. The zero-order valence-corrected chi connectivity index (χ0v) is 21.5. The van der Waals surface area contributed by atoms with Crippen LogP contribution in [-0.4, -0.2) is 35.4 Å². The van der Waals surface area contributed by atoms with E-state index in [2.05, 4.69) is 20.5 Å². The Bertz CT molecular complexity index is 1170. The first-order chi connectivity index (χ1) is 17.1. The second kappa shape index (κ2) is 13.4. The average Bonchev–Trinajstić information content (AvgIpc) is 2.81. The summed E-state index contributed by atoms with van der Waals surface area (Å²) in [5.74, 6) is -2.29. The molecule has 0 spiro atoms. The number of benzene rings is 2. The van der Waals surface area contributed by atoms with Crippen LogP contribution in [0.4, 0.5) is 11.4 Å². The van der Waals surface area contributed by atoms with Gasteiger partial charge in [-0.1, -0.05) is 35.3 Å². The fourth-order valence-electron chi connectivity index (χ4n) is 2.66. The minimum atomic E-state index is -0.806. The van der Waals surface area contributed by atoms with Gasteiger partial charge in [-0.25, -0.2) is 9.59 Å². The molecule has 36 heavy (non-hydrogen) atoms. The summed E-state index contributed by atoms with van der Waals surface area (Å²) in [5, 5.41) is 35.2. The van der Waals surface area contributed by atoms with Gasteiger partial charge in [0.15, 0.2) is 0 Å². The van der Waals surface area contributed by atoms with Crippen molar-refractivity contribution in [2.75, 3.05) is 13.2 Å². The number of carbonyl (C=O) groups excluding carboxylic acids is 2. The summed E-state index contributed by atoms with van der Waals surface area (Å²) in [6, 6.07) is 9.84. The Kier molecular flexibility index (Phi) is 10.6. The van der Waals surface area contributed by atoms with E-state index >= 15 is 0 Å².